The van der Waals surface area contributed by atoms with E-state index in [0.29, 0.717) is 38.5 Å². The maximum atomic E-state index is 11.5. The number of carbonyl (C=O) groups is 1. The molecule has 7 heteroatoms. The zero-order valence-corrected chi connectivity index (χ0v) is 8.60. The van der Waals surface area contributed by atoms with Gasteiger partial charge in [0.25, 0.3) is 5.56 Å². The largest absolute Gasteiger partial charge is 0.383 e. The molecule has 0 saturated carbocycles. The highest BCUT2D eigenvalue weighted by Gasteiger charge is 2.15. The molecule has 0 radical (unpaired) electrons. The number of hydrogen-bond donors (Lipinski definition) is 2. The van der Waals surface area contributed by atoms with Gasteiger partial charge in [0.2, 0.25) is 5.95 Å². The average molecular weight is 224 g/mol. The molecule has 86 valence electrons. The number of rotatable bonds is 2. The lowest BCUT2D eigenvalue weighted by molar-refractivity contribution is 0.112. The number of nitrogens with one attached hydrogen (secondary N) is 1. The van der Waals surface area contributed by atoms with Crippen molar-refractivity contribution in [3.05, 3.63) is 15.9 Å². The summed E-state index contributed by atoms with van der Waals surface area (Å²) >= 11 is 0. The lowest BCUT2D eigenvalue weighted by Gasteiger charge is -2.27. The fraction of sp³-hybridized carbons (Fsp3) is 0.444. The second kappa shape index (κ2) is 4.31. The molecule has 0 atom stereocenters. The van der Waals surface area contributed by atoms with Gasteiger partial charge in [0.15, 0.2) is 6.29 Å². The molecule has 2 rings (SSSR count). The van der Waals surface area contributed by atoms with Gasteiger partial charge in [-0.05, 0) is 0 Å². The second-order valence-electron chi connectivity index (χ2n) is 3.41. The van der Waals surface area contributed by atoms with Gasteiger partial charge in [-0.1, -0.05) is 0 Å². The molecule has 0 aliphatic carbocycles. The number of aldehydes is 1. The van der Waals surface area contributed by atoms with Crippen LogP contribution in [0.5, 0.6) is 0 Å². The first-order valence-corrected chi connectivity index (χ1v) is 4.90. The first-order chi connectivity index (χ1) is 7.72. The fourth-order valence-electron chi connectivity index (χ4n) is 1.53. The number of nitrogen functional groups attached to an aromatic ring is 1. The predicted octanol–water partition coefficient (Wildman–Crippen LogP) is -0.999. The van der Waals surface area contributed by atoms with Gasteiger partial charge in [-0.3, -0.25) is 14.6 Å². The normalized spacial score (nSPS) is 16.1. The van der Waals surface area contributed by atoms with E-state index in [9.17, 15) is 9.59 Å². The zero-order valence-electron chi connectivity index (χ0n) is 8.60. The van der Waals surface area contributed by atoms with Crippen molar-refractivity contribution in [2.45, 2.75) is 0 Å². The minimum absolute atomic E-state index is 0.0414. The van der Waals surface area contributed by atoms with Crippen molar-refractivity contribution in [1.29, 1.82) is 0 Å². The number of aromatic amines is 1. The average Bonchev–Trinajstić information content (AvgIpc) is 2.30. The van der Waals surface area contributed by atoms with E-state index in [-0.39, 0.29) is 11.4 Å². The topological polar surface area (TPSA) is 101 Å². The molecule has 0 spiro atoms. The SMILES string of the molecule is Nc1nc(N2CCOCC2)[nH]c(=O)c1C=O. The molecule has 1 aromatic heterocycles. The van der Waals surface area contributed by atoms with E-state index in [2.05, 4.69) is 9.97 Å². The van der Waals surface area contributed by atoms with Gasteiger partial charge in [-0.2, -0.15) is 4.98 Å². The smallest absolute Gasteiger partial charge is 0.265 e. The van der Waals surface area contributed by atoms with Crippen LogP contribution >= 0.6 is 0 Å². The van der Waals surface area contributed by atoms with Crippen LogP contribution in [-0.4, -0.2) is 42.6 Å². The van der Waals surface area contributed by atoms with E-state index in [0.717, 1.165) is 0 Å². The van der Waals surface area contributed by atoms with Crippen LogP contribution < -0.4 is 16.2 Å². The van der Waals surface area contributed by atoms with Crippen molar-refractivity contribution in [3.63, 3.8) is 0 Å². The van der Waals surface area contributed by atoms with Gasteiger partial charge in [0.1, 0.15) is 11.4 Å². The Kier molecular flexibility index (Phi) is 2.86. The summed E-state index contributed by atoms with van der Waals surface area (Å²) in [5, 5.41) is 0. The zero-order chi connectivity index (χ0) is 11.5. The number of aromatic nitrogens is 2. The van der Waals surface area contributed by atoms with Gasteiger partial charge in [-0.15, -0.1) is 0 Å². The molecule has 3 N–H and O–H groups in total. The lowest BCUT2D eigenvalue weighted by atomic mass is 10.3. The molecule has 1 aliphatic heterocycles. The summed E-state index contributed by atoms with van der Waals surface area (Å²) in [7, 11) is 0. The van der Waals surface area contributed by atoms with Crippen molar-refractivity contribution >= 4 is 18.1 Å². The number of nitrogens with zero attached hydrogens (tertiary/aromatic N) is 2. The van der Waals surface area contributed by atoms with Crippen LogP contribution in [-0.2, 0) is 4.74 Å². The first kappa shape index (κ1) is 10.6. The molecule has 16 heavy (non-hydrogen) atoms. The Balaban J connectivity index is 2.35. The summed E-state index contributed by atoms with van der Waals surface area (Å²) < 4.78 is 5.18. The van der Waals surface area contributed by atoms with E-state index in [1.54, 1.807) is 0 Å². The molecule has 2 heterocycles. The third-order valence-corrected chi connectivity index (χ3v) is 2.40. The minimum atomic E-state index is -0.510. The van der Waals surface area contributed by atoms with E-state index < -0.39 is 5.56 Å². The summed E-state index contributed by atoms with van der Waals surface area (Å²) in [6.07, 6.45) is 0.407. The van der Waals surface area contributed by atoms with E-state index >= 15 is 0 Å². The Labute approximate surface area is 91.2 Å². The summed E-state index contributed by atoms with van der Waals surface area (Å²) in [5.41, 5.74) is 4.88. The van der Waals surface area contributed by atoms with Crippen molar-refractivity contribution < 1.29 is 9.53 Å². The molecule has 0 amide bonds. The Morgan fingerprint density at radius 3 is 2.69 bits per heavy atom. The monoisotopic (exact) mass is 224 g/mol. The molecular weight excluding hydrogens is 212 g/mol. The van der Waals surface area contributed by atoms with Gasteiger partial charge < -0.3 is 15.4 Å². The Morgan fingerprint density at radius 1 is 1.44 bits per heavy atom. The summed E-state index contributed by atoms with van der Waals surface area (Å²) in [6.45, 7) is 2.45. The third-order valence-electron chi connectivity index (χ3n) is 2.40. The van der Waals surface area contributed by atoms with E-state index in [1.165, 1.54) is 0 Å². The Hall–Kier alpha value is -1.89. The van der Waals surface area contributed by atoms with Gasteiger partial charge >= 0.3 is 0 Å². The van der Waals surface area contributed by atoms with Crippen molar-refractivity contribution in [2.75, 3.05) is 36.9 Å². The molecule has 0 bridgehead atoms. The number of nitrogens with two attached hydrogens (primary N) is 1. The lowest BCUT2D eigenvalue weighted by Crippen LogP contribution is -2.38. The van der Waals surface area contributed by atoms with Crippen LogP contribution in [0.15, 0.2) is 4.79 Å². The van der Waals surface area contributed by atoms with Gasteiger partial charge in [0.05, 0.1) is 13.2 Å². The van der Waals surface area contributed by atoms with Gasteiger partial charge in [0, 0.05) is 13.1 Å². The maximum Gasteiger partial charge on any atom is 0.265 e. The van der Waals surface area contributed by atoms with Crippen molar-refractivity contribution in [2.24, 2.45) is 0 Å². The third kappa shape index (κ3) is 1.89. The fourth-order valence-corrected chi connectivity index (χ4v) is 1.53. The molecule has 0 unspecified atom stereocenters. The first-order valence-electron chi connectivity index (χ1n) is 4.90. The van der Waals surface area contributed by atoms with Crippen LogP contribution in [0.2, 0.25) is 0 Å². The molecular formula is C9H12N4O3. The quantitative estimate of drug-likeness (QED) is 0.625. The minimum Gasteiger partial charge on any atom is -0.383 e. The highest BCUT2D eigenvalue weighted by Crippen LogP contribution is 2.10. The van der Waals surface area contributed by atoms with Gasteiger partial charge in [-0.25, -0.2) is 0 Å². The van der Waals surface area contributed by atoms with Crippen LogP contribution in [0.4, 0.5) is 11.8 Å². The summed E-state index contributed by atoms with van der Waals surface area (Å²) in [6, 6.07) is 0. The Morgan fingerprint density at radius 2 is 2.12 bits per heavy atom. The molecule has 0 aromatic carbocycles. The summed E-state index contributed by atoms with van der Waals surface area (Å²) in [5.74, 6) is 0.344. The van der Waals surface area contributed by atoms with E-state index in [1.807, 2.05) is 4.90 Å². The molecule has 7 nitrogen and oxygen atoms in total. The van der Waals surface area contributed by atoms with Crippen LogP contribution in [0, 0.1) is 0 Å². The molecule has 1 aliphatic rings. The number of carbonyl (C=O) groups excluding carboxylic acids is 1. The number of hydrogen-bond acceptors (Lipinski definition) is 6. The Bertz CT molecular complexity index is 451. The second-order valence-corrected chi connectivity index (χ2v) is 3.41. The van der Waals surface area contributed by atoms with E-state index in [4.69, 9.17) is 10.5 Å². The maximum absolute atomic E-state index is 11.5. The van der Waals surface area contributed by atoms with Crippen LogP contribution in [0.3, 0.4) is 0 Å². The highest BCUT2D eigenvalue weighted by molar-refractivity contribution is 5.81. The predicted molar refractivity (Wildman–Crippen MR) is 57.7 cm³/mol. The number of H-pyrrole nitrogens is 1. The standard InChI is InChI=1S/C9H12N4O3/c10-7-6(5-14)8(15)12-9(11-7)13-1-3-16-4-2-13/h5H,1-4H2,(H3,10,11,12,15). The number of morpholine rings is 1. The molecule has 1 fully saturated rings. The highest BCUT2D eigenvalue weighted by atomic mass is 16.5. The molecule has 1 aromatic rings. The van der Waals surface area contributed by atoms with Crippen molar-refractivity contribution in [3.8, 4) is 0 Å². The summed E-state index contributed by atoms with van der Waals surface area (Å²) in [4.78, 5) is 30.4. The number of ether oxygens (including phenoxy) is 1. The number of anilines is 2. The van der Waals surface area contributed by atoms with Crippen molar-refractivity contribution in [1.82, 2.24) is 9.97 Å². The van der Waals surface area contributed by atoms with Crippen LogP contribution in [0.1, 0.15) is 10.4 Å². The van der Waals surface area contributed by atoms with Crippen LogP contribution in [0.25, 0.3) is 0 Å². The molecule has 1 saturated heterocycles.